The predicted octanol–water partition coefficient (Wildman–Crippen LogP) is 3.62. The quantitative estimate of drug-likeness (QED) is 0.785. The Morgan fingerprint density at radius 3 is 2.68 bits per heavy atom. The molecular weight excluding hydrogens is 257 g/mol. The van der Waals surface area contributed by atoms with E-state index in [9.17, 15) is 18.0 Å². The fourth-order valence-corrected chi connectivity index (χ4v) is 2.27. The maximum absolute atomic E-state index is 12.5. The molecule has 0 bridgehead atoms. The molecule has 0 aromatic heterocycles. The van der Waals surface area contributed by atoms with Crippen LogP contribution in [0.15, 0.2) is 18.2 Å². The van der Waals surface area contributed by atoms with Crippen LogP contribution >= 0.6 is 0 Å². The minimum absolute atomic E-state index is 0.110. The number of Topliss-reactive ketones (excluding diaryl/α,β-unsaturated/α-hetero) is 1. The number of ketones is 1. The number of halogens is 3. The summed E-state index contributed by atoms with van der Waals surface area (Å²) in [7, 11) is 0. The zero-order valence-corrected chi connectivity index (χ0v) is 10.6. The summed E-state index contributed by atoms with van der Waals surface area (Å²) in [5, 5.41) is 0. The monoisotopic (exact) mass is 272 g/mol. The molecule has 1 unspecified atom stereocenters. The third kappa shape index (κ3) is 3.35. The highest BCUT2D eigenvalue weighted by atomic mass is 19.4. The standard InChI is InChI=1S/C14H15F3O2/c1-9-6-11(14(15,16)17)2-3-12(9)13(18)7-10-4-5-19-8-10/h2-3,6,10H,4-5,7-8H2,1H3. The van der Waals surface area contributed by atoms with Gasteiger partial charge >= 0.3 is 6.18 Å². The Kier molecular flexibility index (Phi) is 3.94. The third-order valence-electron chi connectivity index (χ3n) is 3.35. The molecule has 1 aromatic carbocycles. The lowest BCUT2D eigenvalue weighted by molar-refractivity contribution is -0.137. The second-order valence-electron chi connectivity index (χ2n) is 4.88. The summed E-state index contributed by atoms with van der Waals surface area (Å²) in [5.41, 5.74) is 0.0318. The van der Waals surface area contributed by atoms with Crippen LogP contribution in [0.4, 0.5) is 13.2 Å². The summed E-state index contributed by atoms with van der Waals surface area (Å²) in [6, 6.07) is 3.26. The Morgan fingerprint density at radius 1 is 1.42 bits per heavy atom. The Bertz CT molecular complexity index is 474. The van der Waals surface area contributed by atoms with Gasteiger partial charge in [-0.05, 0) is 37.0 Å². The molecule has 0 aliphatic carbocycles. The second kappa shape index (κ2) is 5.33. The van der Waals surface area contributed by atoms with E-state index in [2.05, 4.69) is 0 Å². The molecule has 2 rings (SSSR count). The van der Waals surface area contributed by atoms with Crippen molar-refractivity contribution in [3.63, 3.8) is 0 Å². The van der Waals surface area contributed by atoms with Crippen molar-refractivity contribution in [2.75, 3.05) is 13.2 Å². The van der Waals surface area contributed by atoms with Gasteiger partial charge in [0.05, 0.1) is 5.56 Å². The average Bonchev–Trinajstić information content (AvgIpc) is 2.80. The van der Waals surface area contributed by atoms with Crippen LogP contribution < -0.4 is 0 Å². The molecule has 19 heavy (non-hydrogen) atoms. The molecular formula is C14H15F3O2. The largest absolute Gasteiger partial charge is 0.416 e. The van der Waals surface area contributed by atoms with Gasteiger partial charge in [0.2, 0.25) is 0 Å². The first-order valence-electron chi connectivity index (χ1n) is 6.16. The summed E-state index contributed by atoms with van der Waals surface area (Å²) >= 11 is 0. The van der Waals surface area contributed by atoms with Crippen LogP contribution in [-0.2, 0) is 10.9 Å². The third-order valence-corrected chi connectivity index (χ3v) is 3.35. The van der Waals surface area contributed by atoms with E-state index in [1.54, 1.807) is 0 Å². The van der Waals surface area contributed by atoms with Crippen LogP contribution in [0.5, 0.6) is 0 Å². The highest BCUT2D eigenvalue weighted by Gasteiger charge is 2.31. The molecule has 2 nitrogen and oxygen atoms in total. The van der Waals surface area contributed by atoms with Gasteiger partial charge in [0.25, 0.3) is 0 Å². The number of benzene rings is 1. The van der Waals surface area contributed by atoms with E-state index in [0.717, 1.165) is 18.6 Å². The molecule has 5 heteroatoms. The molecule has 0 saturated carbocycles. The van der Waals surface area contributed by atoms with E-state index in [4.69, 9.17) is 4.74 Å². The minimum Gasteiger partial charge on any atom is -0.381 e. The van der Waals surface area contributed by atoms with Crippen LogP contribution in [0.1, 0.15) is 34.3 Å². The number of ether oxygens (including phenoxy) is 1. The van der Waals surface area contributed by atoms with E-state index >= 15 is 0 Å². The summed E-state index contributed by atoms with van der Waals surface area (Å²) < 4.78 is 42.8. The summed E-state index contributed by atoms with van der Waals surface area (Å²) in [4.78, 5) is 12.0. The molecule has 0 amide bonds. The zero-order valence-electron chi connectivity index (χ0n) is 10.6. The molecule has 0 radical (unpaired) electrons. The van der Waals surface area contributed by atoms with Gasteiger partial charge < -0.3 is 4.74 Å². The summed E-state index contributed by atoms with van der Waals surface area (Å²) in [5.74, 6) is 0.0796. The number of hydrogen-bond acceptors (Lipinski definition) is 2. The Labute approximate surface area is 109 Å². The van der Waals surface area contributed by atoms with Gasteiger partial charge in [0.15, 0.2) is 5.78 Å². The maximum atomic E-state index is 12.5. The fourth-order valence-electron chi connectivity index (χ4n) is 2.27. The van der Waals surface area contributed by atoms with Crippen LogP contribution in [0, 0.1) is 12.8 Å². The molecule has 1 fully saturated rings. The van der Waals surface area contributed by atoms with Crippen molar-refractivity contribution in [1.29, 1.82) is 0 Å². The Balaban J connectivity index is 2.14. The van der Waals surface area contributed by atoms with Crippen molar-refractivity contribution in [3.8, 4) is 0 Å². The topological polar surface area (TPSA) is 26.3 Å². The van der Waals surface area contributed by atoms with Crippen molar-refractivity contribution in [3.05, 3.63) is 34.9 Å². The molecule has 0 N–H and O–H groups in total. The summed E-state index contributed by atoms with van der Waals surface area (Å²) in [6.45, 7) is 2.75. The molecule has 1 saturated heterocycles. The predicted molar refractivity (Wildman–Crippen MR) is 64.1 cm³/mol. The molecule has 1 heterocycles. The minimum atomic E-state index is -4.37. The molecule has 0 spiro atoms. The lowest BCUT2D eigenvalue weighted by Gasteiger charge is -2.12. The van der Waals surface area contributed by atoms with Gasteiger partial charge in [-0.1, -0.05) is 6.07 Å². The normalized spacial score (nSPS) is 19.7. The number of hydrogen-bond donors (Lipinski definition) is 0. The smallest absolute Gasteiger partial charge is 0.381 e. The van der Waals surface area contributed by atoms with Crippen molar-refractivity contribution in [2.45, 2.75) is 25.9 Å². The van der Waals surface area contributed by atoms with Gasteiger partial charge in [0.1, 0.15) is 0 Å². The first-order valence-corrected chi connectivity index (χ1v) is 6.16. The number of rotatable bonds is 3. The molecule has 1 aliphatic heterocycles. The van der Waals surface area contributed by atoms with Crippen molar-refractivity contribution in [1.82, 2.24) is 0 Å². The molecule has 1 aliphatic rings. The van der Waals surface area contributed by atoms with Gasteiger partial charge in [0, 0.05) is 25.2 Å². The fraction of sp³-hybridized carbons (Fsp3) is 0.500. The van der Waals surface area contributed by atoms with Crippen LogP contribution in [0.2, 0.25) is 0 Å². The zero-order chi connectivity index (χ0) is 14.0. The first-order chi connectivity index (χ1) is 8.88. The maximum Gasteiger partial charge on any atom is 0.416 e. The van der Waals surface area contributed by atoms with Gasteiger partial charge in [-0.3, -0.25) is 4.79 Å². The van der Waals surface area contributed by atoms with Crippen molar-refractivity contribution >= 4 is 5.78 Å². The molecule has 104 valence electrons. The van der Waals surface area contributed by atoms with Crippen LogP contribution in [0.3, 0.4) is 0 Å². The lowest BCUT2D eigenvalue weighted by Crippen LogP contribution is -2.11. The highest BCUT2D eigenvalue weighted by molar-refractivity contribution is 5.97. The van der Waals surface area contributed by atoms with E-state index < -0.39 is 11.7 Å². The van der Waals surface area contributed by atoms with Gasteiger partial charge in [-0.25, -0.2) is 0 Å². The summed E-state index contributed by atoms with van der Waals surface area (Å²) in [6.07, 6.45) is -3.19. The second-order valence-corrected chi connectivity index (χ2v) is 4.88. The van der Waals surface area contributed by atoms with E-state index in [1.165, 1.54) is 13.0 Å². The van der Waals surface area contributed by atoms with Crippen molar-refractivity contribution < 1.29 is 22.7 Å². The van der Waals surface area contributed by atoms with E-state index in [1.807, 2.05) is 0 Å². The Morgan fingerprint density at radius 2 is 2.16 bits per heavy atom. The Hall–Kier alpha value is -1.36. The van der Waals surface area contributed by atoms with E-state index in [0.29, 0.717) is 30.8 Å². The number of carbonyl (C=O) groups excluding carboxylic acids is 1. The lowest BCUT2D eigenvalue weighted by atomic mass is 9.94. The average molecular weight is 272 g/mol. The van der Waals surface area contributed by atoms with Crippen LogP contribution in [-0.4, -0.2) is 19.0 Å². The van der Waals surface area contributed by atoms with Crippen LogP contribution in [0.25, 0.3) is 0 Å². The highest BCUT2D eigenvalue weighted by Crippen LogP contribution is 2.31. The van der Waals surface area contributed by atoms with Gasteiger partial charge in [-0.15, -0.1) is 0 Å². The van der Waals surface area contributed by atoms with E-state index in [-0.39, 0.29) is 11.7 Å². The SMILES string of the molecule is Cc1cc(C(F)(F)F)ccc1C(=O)CC1CCOC1. The number of alkyl halides is 3. The first kappa shape index (κ1) is 14.1. The van der Waals surface area contributed by atoms with Gasteiger partial charge in [-0.2, -0.15) is 13.2 Å². The molecule has 1 atom stereocenters. The van der Waals surface area contributed by atoms with Crippen molar-refractivity contribution in [2.24, 2.45) is 5.92 Å². The number of carbonyl (C=O) groups is 1. The number of aryl methyl sites for hydroxylation is 1. The molecule has 1 aromatic rings.